The number of rotatable bonds is 5. The number of cyclic esters (lactones) is 2. The van der Waals surface area contributed by atoms with Gasteiger partial charge in [-0.05, 0) is 6.42 Å². The van der Waals surface area contributed by atoms with Crippen LogP contribution in [0.4, 0.5) is 4.79 Å². The smallest absolute Gasteiger partial charge is 0.430 e. The molecule has 12 heavy (non-hydrogen) atoms. The summed E-state index contributed by atoms with van der Waals surface area (Å²) in [5.41, 5.74) is 0. The van der Waals surface area contributed by atoms with Gasteiger partial charge in [0.1, 0.15) is 12.7 Å². The van der Waals surface area contributed by atoms with Gasteiger partial charge in [-0.1, -0.05) is 6.92 Å². The normalized spacial score (nSPS) is 22.1. The summed E-state index contributed by atoms with van der Waals surface area (Å²) in [6, 6.07) is 0. The Labute approximate surface area is 71.8 Å². The van der Waals surface area contributed by atoms with Gasteiger partial charge in [-0.2, -0.15) is 0 Å². The van der Waals surface area contributed by atoms with Crippen LogP contribution in [0.3, 0.4) is 0 Å². The first kappa shape index (κ1) is 9.32. The van der Waals surface area contributed by atoms with Crippen molar-refractivity contribution in [2.45, 2.75) is 25.9 Å². The van der Waals surface area contributed by atoms with E-state index in [1.807, 2.05) is 0 Å². The summed E-state index contributed by atoms with van der Waals surface area (Å²) in [5.74, 6) is 0. The third kappa shape index (κ3) is 3.09. The van der Waals surface area contributed by atoms with Crippen LogP contribution in [0.15, 0.2) is 0 Å². The van der Waals surface area contributed by atoms with Crippen molar-refractivity contribution in [1.82, 2.24) is 0 Å². The molecule has 1 unspecified atom stereocenters. The molecule has 1 saturated heterocycles. The van der Waals surface area contributed by atoms with Crippen molar-refractivity contribution in [2.75, 3.05) is 19.8 Å². The second kappa shape index (κ2) is 4.98. The fourth-order valence-corrected chi connectivity index (χ4v) is 0.969. The minimum absolute atomic E-state index is 0.102. The van der Waals surface area contributed by atoms with E-state index in [9.17, 15) is 4.79 Å². The van der Waals surface area contributed by atoms with Crippen molar-refractivity contribution in [1.29, 1.82) is 0 Å². The first-order valence-electron chi connectivity index (χ1n) is 4.24. The highest BCUT2D eigenvalue weighted by Gasteiger charge is 2.24. The lowest BCUT2D eigenvalue weighted by atomic mass is 10.3. The Hall–Kier alpha value is -0.770. The van der Waals surface area contributed by atoms with Gasteiger partial charge in [0.2, 0.25) is 0 Å². The van der Waals surface area contributed by atoms with Crippen molar-refractivity contribution >= 4 is 6.16 Å². The van der Waals surface area contributed by atoms with E-state index in [1.165, 1.54) is 0 Å². The first-order valence-corrected chi connectivity index (χ1v) is 4.24. The van der Waals surface area contributed by atoms with Gasteiger partial charge >= 0.3 is 6.16 Å². The Morgan fingerprint density at radius 1 is 1.58 bits per heavy atom. The summed E-state index contributed by atoms with van der Waals surface area (Å²) < 4.78 is 14.6. The van der Waals surface area contributed by atoms with Crippen LogP contribution >= 0.6 is 0 Å². The molecule has 0 radical (unpaired) electrons. The topological polar surface area (TPSA) is 44.8 Å². The molecule has 70 valence electrons. The molecule has 0 aromatic heterocycles. The molecule has 1 aliphatic heterocycles. The molecule has 0 spiro atoms. The van der Waals surface area contributed by atoms with E-state index in [1.54, 1.807) is 0 Å². The molecule has 1 heterocycles. The van der Waals surface area contributed by atoms with Gasteiger partial charge in [0.15, 0.2) is 0 Å². The van der Waals surface area contributed by atoms with Crippen LogP contribution in [-0.2, 0) is 14.2 Å². The van der Waals surface area contributed by atoms with Crippen LogP contribution in [-0.4, -0.2) is 32.1 Å². The van der Waals surface area contributed by atoms with Crippen molar-refractivity contribution < 1.29 is 19.0 Å². The molecule has 1 fully saturated rings. The minimum atomic E-state index is -0.560. The SMILES string of the molecule is CCCOCCC1COC(=O)O1. The zero-order valence-electron chi connectivity index (χ0n) is 7.25. The highest BCUT2D eigenvalue weighted by atomic mass is 16.8. The second-order valence-electron chi connectivity index (χ2n) is 2.70. The van der Waals surface area contributed by atoms with E-state index in [2.05, 4.69) is 11.7 Å². The summed E-state index contributed by atoms with van der Waals surface area (Å²) in [7, 11) is 0. The molecule has 0 aromatic carbocycles. The number of ether oxygens (including phenoxy) is 3. The number of hydrogen-bond acceptors (Lipinski definition) is 4. The first-order chi connectivity index (χ1) is 5.83. The molecule has 0 saturated carbocycles. The number of carbonyl (C=O) groups excluding carboxylic acids is 1. The Bertz CT molecular complexity index is 146. The van der Waals surface area contributed by atoms with Gasteiger partial charge in [-0.15, -0.1) is 0 Å². The average molecular weight is 174 g/mol. The maximum absolute atomic E-state index is 10.5. The van der Waals surface area contributed by atoms with Gasteiger partial charge < -0.3 is 14.2 Å². The Morgan fingerprint density at radius 2 is 2.42 bits per heavy atom. The van der Waals surface area contributed by atoms with Gasteiger partial charge in [-0.3, -0.25) is 0 Å². The predicted octanol–water partition coefficient (Wildman–Crippen LogP) is 1.34. The summed E-state index contributed by atoms with van der Waals surface area (Å²) in [6.07, 6.45) is 1.08. The third-order valence-electron chi connectivity index (χ3n) is 1.58. The zero-order valence-corrected chi connectivity index (χ0v) is 7.25. The molecule has 1 aliphatic rings. The molecule has 1 rings (SSSR count). The van der Waals surface area contributed by atoms with E-state index in [0.717, 1.165) is 19.4 Å². The van der Waals surface area contributed by atoms with E-state index in [4.69, 9.17) is 9.47 Å². The molecule has 0 N–H and O–H groups in total. The van der Waals surface area contributed by atoms with Crippen LogP contribution < -0.4 is 0 Å². The van der Waals surface area contributed by atoms with Gasteiger partial charge in [-0.25, -0.2) is 4.79 Å². The van der Waals surface area contributed by atoms with Crippen molar-refractivity contribution in [3.8, 4) is 0 Å². The fourth-order valence-electron chi connectivity index (χ4n) is 0.969. The Morgan fingerprint density at radius 3 is 3.00 bits per heavy atom. The monoisotopic (exact) mass is 174 g/mol. The lowest BCUT2D eigenvalue weighted by molar-refractivity contribution is 0.0836. The molecule has 4 heteroatoms. The third-order valence-corrected chi connectivity index (χ3v) is 1.58. The fraction of sp³-hybridized carbons (Fsp3) is 0.875. The molecule has 1 atom stereocenters. The van der Waals surface area contributed by atoms with Crippen LogP contribution in [0.1, 0.15) is 19.8 Å². The molecular weight excluding hydrogens is 160 g/mol. The summed E-state index contributed by atoms with van der Waals surface area (Å²) >= 11 is 0. The molecule has 0 amide bonds. The lowest BCUT2D eigenvalue weighted by Gasteiger charge is -2.05. The summed E-state index contributed by atoms with van der Waals surface area (Å²) in [5, 5.41) is 0. The largest absolute Gasteiger partial charge is 0.508 e. The molecular formula is C8H14O4. The Kier molecular flexibility index (Phi) is 3.87. The summed E-state index contributed by atoms with van der Waals surface area (Å²) in [4.78, 5) is 10.5. The highest BCUT2D eigenvalue weighted by molar-refractivity contribution is 5.61. The lowest BCUT2D eigenvalue weighted by Crippen LogP contribution is -2.13. The Balaban J connectivity index is 1.97. The van der Waals surface area contributed by atoms with E-state index >= 15 is 0 Å². The van der Waals surface area contributed by atoms with Crippen molar-refractivity contribution in [3.63, 3.8) is 0 Å². The van der Waals surface area contributed by atoms with Crippen LogP contribution in [0.2, 0.25) is 0 Å². The maximum atomic E-state index is 10.5. The zero-order chi connectivity index (χ0) is 8.81. The molecule has 0 aliphatic carbocycles. The van der Waals surface area contributed by atoms with Crippen molar-refractivity contribution in [2.24, 2.45) is 0 Å². The molecule has 0 aromatic rings. The van der Waals surface area contributed by atoms with E-state index in [0.29, 0.717) is 13.2 Å². The van der Waals surface area contributed by atoms with Crippen LogP contribution in [0, 0.1) is 0 Å². The second-order valence-corrected chi connectivity index (χ2v) is 2.70. The van der Waals surface area contributed by atoms with Crippen LogP contribution in [0.5, 0.6) is 0 Å². The minimum Gasteiger partial charge on any atom is -0.430 e. The number of hydrogen-bond donors (Lipinski definition) is 0. The van der Waals surface area contributed by atoms with E-state index < -0.39 is 6.16 Å². The number of carbonyl (C=O) groups is 1. The van der Waals surface area contributed by atoms with Gasteiger partial charge in [0.05, 0.1) is 6.61 Å². The van der Waals surface area contributed by atoms with Gasteiger partial charge in [0, 0.05) is 13.0 Å². The van der Waals surface area contributed by atoms with Crippen LogP contribution in [0.25, 0.3) is 0 Å². The van der Waals surface area contributed by atoms with E-state index in [-0.39, 0.29) is 6.10 Å². The van der Waals surface area contributed by atoms with Gasteiger partial charge in [0.25, 0.3) is 0 Å². The molecule has 0 bridgehead atoms. The summed E-state index contributed by atoms with van der Waals surface area (Å²) in [6.45, 7) is 3.82. The molecule has 4 nitrogen and oxygen atoms in total. The predicted molar refractivity (Wildman–Crippen MR) is 41.9 cm³/mol. The van der Waals surface area contributed by atoms with Crippen molar-refractivity contribution in [3.05, 3.63) is 0 Å². The standard InChI is InChI=1S/C8H14O4/c1-2-4-10-5-3-7-6-11-8(9)12-7/h7H,2-6H2,1H3. The highest BCUT2D eigenvalue weighted by Crippen LogP contribution is 2.09. The maximum Gasteiger partial charge on any atom is 0.508 e. The quantitative estimate of drug-likeness (QED) is 0.466. The average Bonchev–Trinajstić information content (AvgIpc) is 2.45.